The van der Waals surface area contributed by atoms with Crippen LogP contribution in [0.1, 0.15) is 0 Å². The van der Waals surface area contributed by atoms with Gasteiger partial charge in [0.1, 0.15) is 22.9 Å². The fourth-order valence-corrected chi connectivity index (χ4v) is 3.13. The smallest absolute Gasteiger partial charge is 0.345 e. The molecule has 0 spiro atoms. The van der Waals surface area contributed by atoms with Crippen LogP contribution in [-0.4, -0.2) is 4.98 Å². The average Bonchev–Trinajstić information content (AvgIpc) is 3.06. The zero-order valence-electron chi connectivity index (χ0n) is 12.6. The summed E-state index contributed by atoms with van der Waals surface area (Å²) in [5, 5.41) is 5.27. The van der Waals surface area contributed by atoms with Gasteiger partial charge in [0.25, 0.3) is 0 Å². The van der Waals surface area contributed by atoms with Gasteiger partial charge in [-0.2, -0.15) is 0 Å². The van der Waals surface area contributed by atoms with Gasteiger partial charge in [0, 0.05) is 10.8 Å². The second kappa shape index (κ2) is 6.10. The fourth-order valence-electron chi connectivity index (χ4n) is 2.42. The Kier molecular flexibility index (Phi) is 3.77. The van der Waals surface area contributed by atoms with Gasteiger partial charge in [0.2, 0.25) is 0 Å². The van der Waals surface area contributed by atoms with Crippen molar-refractivity contribution in [1.29, 1.82) is 0 Å². The monoisotopic (exact) mass is 356 g/mol. The first-order valence-electron chi connectivity index (χ1n) is 7.31. The molecule has 7 heteroatoms. The zero-order chi connectivity index (χ0) is 17.4. The van der Waals surface area contributed by atoms with Crippen molar-refractivity contribution < 1.29 is 13.2 Å². The van der Waals surface area contributed by atoms with E-state index >= 15 is 0 Å². The molecular weight excluding hydrogens is 346 g/mol. The maximum Gasteiger partial charge on any atom is 0.345 e. The van der Waals surface area contributed by atoms with Gasteiger partial charge in [-0.05, 0) is 24.3 Å². The minimum absolute atomic E-state index is 0.270. The lowest BCUT2D eigenvalue weighted by molar-refractivity contribution is 0.563. The van der Waals surface area contributed by atoms with Crippen LogP contribution in [0.3, 0.4) is 0 Å². The van der Waals surface area contributed by atoms with Crippen molar-refractivity contribution in [3.8, 4) is 11.3 Å². The Labute approximate surface area is 144 Å². The van der Waals surface area contributed by atoms with Crippen molar-refractivity contribution in [3.05, 3.63) is 76.0 Å². The summed E-state index contributed by atoms with van der Waals surface area (Å²) >= 11 is 1.13. The number of nitrogens with one attached hydrogen (secondary N) is 1. The molecule has 4 nitrogen and oxygen atoms in total. The summed E-state index contributed by atoms with van der Waals surface area (Å²) in [7, 11) is 0. The zero-order valence-corrected chi connectivity index (χ0v) is 13.4. The molecular formula is C18H10F2N2O2S. The highest BCUT2D eigenvalue weighted by atomic mass is 32.1. The van der Waals surface area contributed by atoms with Crippen LogP contribution in [0.15, 0.2) is 63.1 Å². The maximum atomic E-state index is 13.7. The molecule has 0 aliphatic carbocycles. The van der Waals surface area contributed by atoms with E-state index in [0.717, 1.165) is 28.9 Å². The van der Waals surface area contributed by atoms with Crippen LogP contribution in [0.5, 0.6) is 0 Å². The molecule has 0 atom stereocenters. The van der Waals surface area contributed by atoms with Crippen molar-refractivity contribution in [1.82, 2.24) is 4.98 Å². The second-order valence-corrected chi connectivity index (χ2v) is 6.10. The fraction of sp³-hybridized carbons (Fsp3) is 0. The van der Waals surface area contributed by atoms with Gasteiger partial charge < -0.3 is 9.73 Å². The maximum absolute atomic E-state index is 13.7. The molecule has 0 aliphatic rings. The van der Waals surface area contributed by atoms with Gasteiger partial charge in [0.05, 0.1) is 11.3 Å². The number of rotatable bonds is 3. The number of para-hydroxylation sites is 2. The number of anilines is 2. The van der Waals surface area contributed by atoms with Gasteiger partial charge >= 0.3 is 5.63 Å². The molecule has 0 bridgehead atoms. The van der Waals surface area contributed by atoms with E-state index in [0.29, 0.717) is 11.3 Å². The molecule has 25 heavy (non-hydrogen) atoms. The summed E-state index contributed by atoms with van der Waals surface area (Å²) in [6.07, 6.45) is 0. The van der Waals surface area contributed by atoms with Crippen LogP contribution in [0.2, 0.25) is 0 Å². The van der Waals surface area contributed by atoms with Crippen LogP contribution in [0.4, 0.5) is 19.6 Å². The van der Waals surface area contributed by atoms with E-state index in [9.17, 15) is 13.6 Å². The minimum atomic E-state index is -0.720. The molecule has 0 amide bonds. The Morgan fingerprint density at radius 1 is 1.04 bits per heavy atom. The second-order valence-electron chi connectivity index (χ2n) is 5.24. The Morgan fingerprint density at radius 2 is 1.80 bits per heavy atom. The molecule has 4 rings (SSSR count). The van der Waals surface area contributed by atoms with Crippen molar-refractivity contribution in [2.24, 2.45) is 0 Å². The molecule has 0 aliphatic heterocycles. The third-order valence-electron chi connectivity index (χ3n) is 3.62. The summed E-state index contributed by atoms with van der Waals surface area (Å²) in [4.78, 5) is 16.4. The predicted octanol–water partition coefficient (Wildman–Crippen LogP) is 4.94. The first-order chi connectivity index (χ1) is 12.1. The lowest BCUT2D eigenvalue weighted by Gasteiger charge is -2.05. The van der Waals surface area contributed by atoms with Gasteiger partial charge in [-0.15, -0.1) is 11.3 Å². The molecule has 0 saturated heterocycles. The van der Waals surface area contributed by atoms with Crippen LogP contribution in [0.25, 0.3) is 22.2 Å². The number of thiazole rings is 1. The first kappa shape index (κ1) is 15.5. The minimum Gasteiger partial charge on any atom is -0.422 e. The van der Waals surface area contributed by atoms with Gasteiger partial charge in [-0.3, -0.25) is 0 Å². The SMILES string of the molecule is O=c1oc2ccccc2cc1-c1csc(Nc2c(F)cccc2F)n1. The largest absolute Gasteiger partial charge is 0.422 e. The number of hydrogen-bond acceptors (Lipinski definition) is 5. The van der Waals surface area contributed by atoms with Gasteiger partial charge in [-0.25, -0.2) is 18.6 Å². The molecule has 0 fully saturated rings. The van der Waals surface area contributed by atoms with Crippen LogP contribution in [0, 0.1) is 11.6 Å². The topological polar surface area (TPSA) is 55.1 Å². The predicted molar refractivity (Wildman–Crippen MR) is 93.2 cm³/mol. The van der Waals surface area contributed by atoms with E-state index in [1.165, 1.54) is 6.07 Å². The number of aromatic nitrogens is 1. The summed E-state index contributed by atoms with van der Waals surface area (Å²) in [5.74, 6) is -1.44. The summed E-state index contributed by atoms with van der Waals surface area (Å²) in [6.45, 7) is 0. The molecule has 2 heterocycles. The number of halogens is 2. The molecule has 0 unspecified atom stereocenters. The third kappa shape index (κ3) is 2.89. The molecule has 1 N–H and O–H groups in total. The third-order valence-corrected chi connectivity index (χ3v) is 4.37. The molecule has 4 aromatic rings. The standard InChI is InChI=1S/C18H10F2N2O2S/c19-12-5-3-6-13(20)16(12)22-18-21-14(9-25-18)11-8-10-4-1-2-7-15(10)24-17(11)23/h1-9H,(H,21,22). The van der Waals surface area contributed by atoms with E-state index in [2.05, 4.69) is 10.3 Å². The van der Waals surface area contributed by atoms with Crippen molar-refractivity contribution in [3.63, 3.8) is 0 Å². The van der Waals surface area contributed by atoms with Gasteiger partial charge in [0.15, 0.2) is 5.13 Å². The number of benzene rings is 2. The molecule has 0 radical (unpaired) electrons. The molecule has 0 saturated carbocycles. The Hall–Kier alpha value is -3.06. The van der Waals surface area contributed by atoms with E-state index < -0.39 is 17.3 Å². The van der Waals surface area contributed by atoms with Crippen molar-refractivity contribution in [2.45, 2.75) is 0 Å². The summed E-state index contributed by atoms with van der Waals surface area (Å²) in [5.41, 5.74) is 0.348. The van der Waals surface area contributed by atoms with E-state index in [-0.39, 0.29) is 16.4 Å². The number of nitrogens with zero attached hydrogens (tertiary/aromatic N) is 1. The Bertz CT molecular complexity index is 1120. The van der Waals surface area contributed by atoms with Crippen LogP contribution in [-0.2, 0) is 0 Å². The van der Waals surface area contributed by atoms with Crippen molar-refractivity contribution in [2.75, 3.05) is 5.32 Å². The summed E-state index contributed by atoms with van der Waals surface area (Å²) < 4.78 is 32.7. The van der Waals surface area contributed by atoms with E-state index in [1.54, 1.807) is 23.6 Å². The van der Waals surface area contributed by atoms with Crippen LogP contribution < -0.4 is 10.9 Å². The molecule has 124 valence electrons. The highest BCUT2D eigenvalue weighted by Gasteiger charge is 2.14. The number of hydrogen-bond donors (Lipinski definition) is 1. The quantitative estimate of drug-likeness (QED) is 0.528. The van der Waals surface area contributed by atoms with Crippen LogP contribution >= 0.6 is 11.3 Å². The van der Waals surface area contributed by atoms with Gasteiger partial charge in [-0.1, -0.05) is 24.3 Å². The Balaban J connectivity index is 1.72. The molecule has 2 aromatic heterocycles. The summed E-state index contributed by atoms with van der Waals surface area (Å²) in [6, 6.07) is 12.4. The highest BCUT2D eigenvalue weighted by Crippen LogP contribution is 2.29. The highest BCUT2D eigenvalue weighted by molar-refractivity contribution is 7.14. The van der Waals surface area contributed by atoms with E-state index in [4.69, 9.17) is 4.42 Å². The lowest BCUT2D eigenvalue weighted by atomic mass is 10.1. The first-order valence-corrected chi connectivity index (χ1v) is 8.19. The Morgan fingerprint density at radius 3 is 2.60 bits per heavy atom. The lowest BCUT2D eigenvalue weighted by Crippen LogP contribution is -2.03. The molecule has 2 aromatic carbocycles. The van der Waals surface area contributed by atoms with Crippen molar-refractivity contribution >= 4 is 33.1 Å². The normalized spacial score (nSPS) is 11.0. The average molecular weight is 356 g/mol. The number of fused-ring (bicyclic) bond motifs is 1. The van der Waals surface area contributed by atoms with E-state index in [1.807, 2.05) is 12.1 Å².